The van der Waals surface area contributed by atoms with Gasteiger partial charge in [-0.3, -0.25) is 4.90 Å². The van der Waals surface area contributed by atoms with Gasteiger partial charge in [0.25, 0.3) is 0 Å². The molecular weight excluding hydrogens is 297 g/mol. The lowest BCUT2D eigenvalue weighted by molar-refractivity contribution is 0.173. The highest BCUT2D eigenvalue weighted by molar-refractivity contribution is 5.85. The summed E-state index contributed by atoms with van der Waals surface area (Å²) in [7, 11) is 1.68. The Labute approximate surface area is 132 Å². The van der Waals surface area contributed by atoms with Crippen LogP contribution in [0, 0.1) is 11.3 Å². The van der Waals surface area contributed by atoms with E-state index < -0.39 is 0 Å². The molecule has 1 N–H and O–H groups in total. The molecule has 6 heteroatoms. The molecule has 2 rings (SSSR count). The van der Waals surface area contributed by atoms with Gasteiger partial charge in [-0.2, -0.15) is 5.26 Å². The monoisotopic (exact) mass is 317 g/mol. The van der Waals surface area contributed by atoms with E-state index in [0.29, 0.717) is 6.42 Å². The molecule has 112 valence electrons. The first-order valence-electron chi connectivity index (χ1n) is 6.31. The topological polar surface area (TPSA) is 48.3 Å². The second-order valence-electron chi connectivity index (χ2n) is 4.41. The van der Waals surface area contributed by atoms with Crippen molar-refractivity contribution in [1.29, 1.82) is 5.26 Å². The van der Waals surface area contributed by atoms with Crippen LogP contribution in [0.25, 0.3) is 0 Å². The molecule has 1 atom stereocenters. The molecule has 0 aliphatic carbocycles. The molecule has 1 fully saturated rings. The predicted octanol–water partition coefficient (Wildman–Crippen LogP) is 2.40. The van der Waals surface area contributed by atoms with Gasteiger partial charge < -0.3 is 10.1 Å². The van der Waals surface area contributed by atoms with Crippen molar-refractivity contribution in [2.24, 2.45) is 0 Å². The summed E-state index contributed by atoms with van der Waals surface area (Å²) in [5.41, 5.74) is 1.11. The number of rotatable bonds is 4. The van der Waals surface area contributed by atoms with Crippen LogP contribution in [0.3, 0.4) is 0 Å². The van der Waals surface area contributed by atoms with Gasteiger partial charge in [0.1, 0.15) is 5.75 Å². The second-order valence-corrected chi connectivity index (χ2v) is 4.41. The first-order valence-corrected chi connectivity index (χ1v) is 6.31. The summed E-state index contributed by atoms with van der Waals surface area (Å²) in [5.74, 6) is 0.872. The Kier molecular flexibility index (Phi) is 9.35. The predicted molar refractivity (Wildman–Crippen MR) is 84.9 cm³/mol. The fourth-order valence-corrected chi connectivity index (χ4v) is 2.46. The van der Waals surface area contributed by atoms with E-state index in [1.165, 1.54) is 0 Å². The molecule has 1 aromatic rings. The fourth-order valence-electron chi connectivity index (χ4n) is 2.46. The van der Waals surface area contributed by atoms with Gasteiger partial charge >= 0.3 is 0 Å². The molecule has 4 nitrogen and oxygen atoms in total. The third kappa shape index (κ3) is 4.53. The quantitative estimate of drug-likeness (QED) is 0.926. The summed E-state index contributed by atoms with van der Waals surface area (Å²) in [6, 6.07) is 10.4. The Morgan fingerprint density at radius 3 is 2.55 bits per heavy atom. The van der Waals surface area contributed by atoms with E-state index in [1.54, 1.807) is 7.11 Å². The van der Waals surface area contributed by atoms with E-state index in [2.05, 4.69) is 22.4 Å². The molecule has 0 unspecified atom stereocenters. The lowest BCUT2D eigenvalue weighted by Gasteiger charge is -2.34. The Bertz CT molecular complexity index is 431. The third-order valence-electron chi connectivity index (χ3n) is 3.37. The van der Waals surface area contributed by atoms with Crippen molar-refractivity contribution in [3.05, 3.63) is 29.8 Å². The maximum Gasteiger partial charge on any atom is 0.123 e. The lowest BCUT2D eigenvalue weighted by Crippen LogP contribution is -2.45. The molecule has 0 amide bonds. The largest absolute Gasteiger partial charge is 0.496 e. The summed E-state index contributed by atoms with van der Waals surface area (Å²) in [5, 5.41) is 12.4. The number of ether oxygens (including phenoxy) is 1. The summed E-state index contributed by atoms with van der Waals surface area (Å²) in [6.07, 6.45) is 0.500. The summed E-state index contributed by atoms with van der Waals surface area (Å²) < 4.78 is 5.41. The van der Waals surface area contributed by atoms with Crippen molar-refractivity contribution in [3.63, 3.8) is 0 Å². The van der Waals surface area contributed by atoms with Crippen LogP contribution in [0.4, 0.5) is 0 Å². The van der Waals surface area contributed by atoms with Crippen LogP contribution >= 0.6 is 24.8 Å². The molecule has 0 bridgehead atoms. The van der Waals surface area contributed by atoms with E-state index in [0.717, 1.165) is 37.5 Å². The van der Waals surface area contributed by atoms with Gasteiger partial charge in [0, 0.05) is 31.7 Å². The molecule has 0 saturated carbocycles. The van der Waals surface area contributed by atoms with Gasteiger partial charge in [0.05, 0.1) is 25.6 Å². The molecule has 0 aromatic heterocycles. The zero-order valence-electron chi connectivity index (χ0n) is 11.5. The molecule has 1 saturated heterocycles. The van der Waals surface area contributed by atoms with E-state index in [9.17, 15) is 0 Å². The number of para-hydroxylation sites is 1. The van der Waals surface area contributed by atoms with Crippen molar-refractivity contribution in [2.45, 2.75) is 12.5 Å². The Morgan fingerprint density at radius 2 is 1.95 bits per heavy atom. The van der Waals surface area contributed by atoms with E-state index >= 15 is 0 Å². The Balaban J connectivity index is 0.00000180. The number of nitrogens with one attached hydrogen (secondary N) is 1. The Morgan fingerprint density at radius 1 is 1.30 bits per heavy atom. The van der Waals surface area contributed by atoms with Crippen molar-refractivity contribution in [2.75, 3.05) is 33.3 Å². The molecule has 1 aromatic carbocycles. The summed E-state index contributed by atoms with van der Waals surface area (Å²) in [4.78, 5) is 2.36. The molecule has 0 radical (unpaired) electrons. The summed E-state index contributed by atoms with van der Waals surface area (Å²) in [6.45, 7) is 3.92. The smallest absolute Gasteiger partial charge is 0.123 e. The zero-order chi connectivity index (χ0) is 12.8. The molecule has 0 spiro atoms. The highest BCUT2D eigenvalue weighted by Crippen LogP contribution is 2.31. The molecule has 1 aliphatic rings. The molecule has 1 heterocycles. The molecular formula is C14H21Cl2N3O. The van der Waals surface area contributed by atoms with Crippen molar-refractivity contribution < 1.29 is 4.74 Å². The van der Waals surface area contributed by atoms with Gasteiger partial charge in [0.15, 0.2) is 0 Å². The SMILES string of the molecule is COc1ccccc1[C@@H](CC#N)N1CCNCC1.Cl.Cl. The van der Waals surface area contributed by atoms with Crippen LogP contribution in [0.1, 0.15) is 18.0 Å². The first kappa shape index (κ1) is 19.0. The van der Waals surface area contributed by atoms with Crippen LogP contribution in [-0.4, -0.2) is 38.2 Å². The van der Waals surface area contributed by atoms with Crippen molar-refractivity contribution >= 4 is 24.8 Å². The third-order valence-corrected chi connectivity index (χ3v) is 3.37. The van der Waals surface area contributed by atoms with Gasteiger partial charge in [-0.15, -0.1) is 24.8 Å². The molecule has 1 aliphatic heterocycles. The van der Waals surface area contributed by atoms with Crippen LogP contribution in [0.5, 0.6) is 5.75 Å². The van der Waals surface area contributed by atoms with Crippen LogP contribution in [0.15, 0.2) is 24.3 Å². The number of nitriles is 1. The minimum atomic E-state index is 0. The maximum atomic E-state index is 9.06. The standard InChI is InChI=1S/C14H19N3O.2ClH/c1-18-14-5-3-2-4-12(14)13(6-7-15)17-10-8-16-9-11-17;;/h2-5,13,16H,6,8-11H2,1H3;2*1H/t13-;;/m1../s1. The van der Waals surface area contributed by atoms with Crippen molar-refractivity contribution in [3.8, 4) is 11.8 Å². The minimum absolute atomic E-state index is 0. The molecule has 20 heavy (non-hydrogen) atoms. The zero-order valence-corrected chi connectivity index (χ0v) is 13.2. The maximum absolute atomic E-state index is 9.06. The Hall–Kier alpha value is -0.990. The highest BCUT2D eigenvalue weighted by Gasteiger charge is 2.24. The minimum Gasteiger partial charge on any atom is -0.496 e. The van der Waals surface area contributed by atoms with Crippen molar-refractivity contribution in [1.82, 2.24) is 10.2 Å². The average Bonchev–Trinajstić information content (AvgIpc) is 2.46. The van der Waals surface area contributed by atoms with Crippen LogP contribution < -0.4 is 10.1 Å². The van der Waals surface area contributed by atoms with Gasteiger partial charge in [0.2, 0.25) is 0 Å². The van der Waals surface area contributed by atoms with Gasteiger partial charge in [-0.1, -0.05) is 18.2 Å². The first-order chi connectivity index (χ1) is 8.86. The van der Waals surface area contributed by atoms with Gasteiger partial charge in [-0.25, -0.2) is 0 Å². The normalized spacial score (nSPS) is 16.2. The van der Waals surface area contributed by atoms with Crippen LogP contribution in [-0.2, 0) is 0 Å². The fraction of sp³-hybridized carbons (Fsp3) is 0.500. The van der Waals surface area contributed by atoms with E-state index in [-0.39, 0.29) is 30.9 Å². The lowest BCUT2D eigenvalue weighted by atomic mass is 10.0. The van der Waals surface area contributed by atoms with E-state index in [1.807, 2.05) is 18.2 Å². The number of piperazine rings is 1. The average molecular weight is 318 g/mol. The van der Waals surface area contributed by atoms with E-state index in [4.69, 9.17) is 10.00 Å². The number of methoxy groups -OCH3 is 1. The summed E-state index contributed by atoms with van der Waals surface area (Å²) >= 11 is 0. The second kappa shape index (κ2) is 9.84. The highest BCUT2D eigenvalue weighted by atomic mass is 35.5. The number of benzene rings is 1. The number of hydrogen-bond acceptors (Lipinski definition) is 4. The number of nitrogens with zero attached hydrogens (tertiary/aromatic N) is 2. The van der Waals surface area contributed by atoms with Crippen LogP contribution in [0.2, 0.25) is 0 Å². The number of hydrogen-bond donors (Lipinski definition) is 1. The number of halogens is 2. The van der Waals surface area contributed by atoms with Gasteiger partial charge in [-0.05, 0) is 6.07 Å².